The summed E-state index contributed by atoms with van der Waals surface area (Å²) in [5.41, 5.74) is 6.45. The Morgan fingerprint density at radius 2 is 1.93 bits per heavy atom. The number of hydrogen-bond donors (Lipinski definition) is 2. The second-order valence-corrected chi connectivity index (χ2v) is 9.28. The highest BCUT2D eigenvalue weighted by molar-refractivity contribution is 7.99. The van der Waals surface area contributed by atoms with Gasteiger partial charge in [0.05, 0.1) is 13.0 Å². The van der Waals surface area contributed by atoms with Crippen LogP contribution in [0.5, 0.6) is 5.75 Å². The van der Waals surface area contributed by atoms with Crippen LogP contribution >= 0.6 is 11.8 Å². The minimum Gasteiger partial charge on any atom is -0.497 e. The number of thioether (sulfide) groups is 1. The molecule has 2 fully saturated rings. The van der Waals surface area contributed by atoms with E-state index in [4.69, 9.17) is 10.5 Å². The van der Waals surface area contributed by atoms with E-state index in [-0.39, 0.29) is 23.0 Å². The lowest BCUT2D eigenvalue weighted by molar-refractivity contribution is -0.141. The van der Waals surface area contributed by atoms with Crippen LogP contribution in [-0.2, 0) is 20.1 Å². The van der Waals surface area contributed by atoms with Crippen molar-refractivity contribution in [3.05, 3.63) is 29.8 Å². The lowest BCUT2D eigenvalue weighted by Gasteiger charge is -2.29. The summed E-state index contributed by atoms with van der Waals surface area (Å²) >= 11 is 1.82. The average Bonchev–Trinajstić information content (AvgIpc) is 3.41. The molecule has 1 aliphatic carbocycles. The molecule has 1 aliphatic heterocycles. The van der Waals surface area contributed by atoms with Gasteiger partial charge >= 0.3 is 0 Å². The lowest BCUT2D eigenvalue weighted by atomic mass is 10.1. The largest absolute Gasteiger partial charge is 0.497 e. The fourth-order valence-electron chi connectivity index (χ4n) is 4.23. The van der Waals surface area contributed by atoms with Crippen molar-refractivity contribution in [2.45, 2.75) is 62.1 Å². The summed E-state index contributed by atoms with van der Waals surface area (Å²) in [6.07, 6.45) is 4.33. The van der Waals surface area contributed by atoms with Gasteiger partial charge in [-0.15, -0.1) is 0 Å². The standard InChI is InChI=1S/C22H31N3O4S/c1-14(20(23)26)24-21(27)18-6-4-12-25(18)22(28)17-5-3-7-19(17)30-13-15-8-10-16(29-2)11-9-15/h8-11,14,17-19H,3-7,12-13H2,1-2H3,(H2,23,26)(H,24,27)/t14-,17?,18-,19?/m0/s1. The van der Waals surface area contributed by atoms with Crippen LogP contribution in [0, 0.1) is 5.92 Å². The van der Waals surface area contributed by atoms with E-state index in [1.165, 1.54) is 5.56 Å². The molecule has 2 unspecified atom stereocenters. The zero-order chi connectivity index (χ0) is 21.7. The van der Waals surface area contributed by atoms with Gasteiger partial charge in [-0.25, -0.2) is 0 Å². The fourth-order valence-corrected chi connectivity index (χ4v) is 5.65. The van der Waals surface area contributed by atoms with Crippen molar-refractivity contribution < 1.29 is 19.1 Å². The summed E-state index contributed by atoms with van der Waals surface area (Å²) in [7, 11) is 1.65. The first kappa shape index (κ1) is 22.5. The number of nitrogens with one attached hydrogen (secondary N) is 1. The summed E-state index contributed by atoms with van der Waals surface area (Å²) in [6.45, 7) is 2.15. The molecular weight excluding hydrogens is 402 g/mol. The molecule has 1 aromatic rings. The van der Waals surface area contributed by atoms with Gasteiger partial charge in [0.2, 0.25) is 17.7 Å². The van der Waals surface area contributed by atoms with Crippen LogP contribution < -0.4 is 15.8 Å². The van der Waals surface area contributed by atoms with Gasteiger partial charge in [0.15, 0.2) is 0 Å². The SMILES string of the molecule is COc1ccc(CSC2CCCC2C(=O)N2CCC[C@H]2C(=O)N[C@@H](C)C(N)=O)cc1. The van der Waals surface area contributed by atoms with E-state index in [0.717, 1.165) is 37.2 Å². The number of primary amides is 1. The summed E-state index contributed by atoms with van der Waals surface area (Å²) in [5, 5.41) is 2.90. The number of amides is 3. The Bertz CT molecular complexity index is 770. The van der Waals surface area contributed by atoms with Crippen molar-refractivity contribution in [2.75, 3.05) is 13.7 Å². The predicted molar refractivity (Wildman–Crippen MR) is 117 cm³/mol. The topological polar surface area (TPSA) is 102 Å². The van der Waals surface area contributed by atoms with Crippen molar-refractivity contribution in [1.29, 1.82) is 0 Å². The van der Waals surface area contributed by atoms with Gasteiger partial charge in [-0.3, -0.25) is 14.4 Å². The minimum absolute atomic E-state index is 0.0600. The van der Waals surface area contributed by atoms with Crippen molar-refractivity contribution >= 4 is 29.5 Å². The number of nitrogens with zero attached hydrogens (tertiary/aromatic N) is 1. The minimum atomic E-state index is -0.741. The molecule has 8 heteroatoms. The first-order valence-electron chi connectivity index (χ1n) is 10.6. The lowest BCUT2D eigenvalue weighted by Crippen LogP contribution is -2.52. The van der Waals surface area contributed by atoms with Crippen molar-refractivity contribution in [3.63, 3.8) is 0 Å². The molecule has 3 amide bonds. The van der Waals surface area contributed by atoms with E-state index in [0.29, 0.717) is 13.0 Å². The predicted octanol–water partition coefficient (Wildman–Crippen LogP) is 2.08. The van der Waals surface area contributed by atoms with E-state index in [2.05, 4.69) is 17.4 Å². The normalized spacial score (nSPS) is 24.5. The molecule has 0 aromatic heterocycles. The van der Waals surface area contributed by atoms with Crippen LogP contribution in [0.4, 0.5) is 0 Å². The highest BCUT2D eigenvalue weighted by atomic mass is 32.2. The van der Waals surface area contributed by atoms with Crippen LogP contribution in [0.3, 0.4) is 0 Å². The molecule has 3 N–H and O–H groups in total. The summed E-state index contributed by atoms with van der Waals surface area (Å²) in [6, 6.07) is 6.76. The van der Waals surface area contributed by atoms with Gasteiger partial charge in [-0.05, 0) is 50.3 Å². The first-order chi connectivity index (χ1) is 14.4. The number of rotatable bonds is 8. The maximum atomic E-state index is 13.3. The van der Waals surface area contributed by atoms with Gasteiger partial charge < -0.3 is 20.7 Å². The second kappa shape index (κ2) is 10.2. The number of methoxy groups -OCH3 is 1. The smallest absolute Gasteiger partial charge is 0.243 e. The van der Waals surface area contributed by atoms with E-state index in [9.17, 15) is 14.4 Å². The number of hydrogen-bond acceptors (Lipinski definition) is 5. The highest BCUT2D eigenvalue weighted by Gasteiger charge is 2.41. The summed E-state index contributed by atoms with van der Waals surface area (Å²) in [5.74, 6) is 0.831. The van der Waals surface area contributed by atoms with Crippen molar-refractivity contribution in [3.8, 4) is 5.75 Å². The first-order valence-corrected chi connectivity index (χ1v) is 11.6. The number of benzene rings is 1. The Morgan fingerprint density at radius 3 is 2.60 bits per heavy atom. The van der Waals surface area contributed by atoms with E-state index in [1.807, 2.05) is 23.9 Å². The molecule has 3 rings (SSSR count). The number of carbonyl (C=O) groups excluding carboxylic acids is 3. The quantitative estimate of drug-likeness (QED) is 0.654. The molecule has 30 heavy (non-hydrogen) atoms. The molecule has 1 saturated heterocycles. The molecule has 7 nitrogen and oxygen atoms in total. The number of ether oxygens (including phenoxy) is 1. The summed E-state index contributed by atoms with van der Waals surface area (Å²) in [4.78, 5) is 38.9. The zero-order valence-electron chi connectivity index (χ0n) is 17.6. The molecule has 1 saturated carbocycles. The Hall–Kier alpha value is -2.22. The highest BCUT2D eigenvalue weighted by Crippen LogP contribution is 2.39. The van der Waals surface area contributed by atoms with E-state index in [1.54, 1.807) is 18.9 Å². The molecular formula is C22H31N3O4S. The van der Waals surface area contributed by atoms with Crippen molar-refractivity contribution in [1.82, 2.24) is 10.2 Å². The molecule has 0 spiro atoms. The third kappa shape index (κ3) is 5.28. The number of likely N-dealkylation sites (tertiary alicyclic amines) is 1. The monoisotopic (exact) mass is 433 g/mol. The third-order valence-corrected chi connectivity index (χ3v) is 7.51. The second-order valence-electron chi connectivity index (χ2n) is 8.06. The van der Waals surface area contributed by atoms with Gasteiger partial charge in [0.1, 0.15) is 17.8 Å². The van der Waals surface area contributed by atoms with Crippen LogP contribution in [0.1, 0.15) is 44.6 Å². The fraction of sp³-hybridized carbons (Fsp3) is 0.591. The van der Waals surface area contributed by atoms with Gasteiger partial charge in [-0.1, -0.05) is 18.6 Å². The van der Waals surface area contributed by atoms with Gasteiger partial charge in [0.25, 0.3) is 0 Å². The molecule has 2 aliphatic rings. The molecule has 164 valence electrons. The van der Waals surface area contributed by atoms with Crippen LogP contribution in [0.2, 0.25) is 0 Å². The van der Waals surface area contributed by atoms with Crippen LogP contribution in [-0.4, -0.2) is 53.6 Å². The van der Waals surface area contributed by atoms with Crippen LogP contribution in [0.15, 0.2) is 24.3 Å². The Labute approximate surface area is 182 Å². The molecule has 1 heterocycles. The van der Waals surface area contributed by atoms with Crippen molar-refractivity contribution in [2.24, 2.45) is 11.7 Å². The molecule has 4 atom stereocenters. The third-order valence-electron chi connectivity index (χ3n) is 6.02. The van der Waals surface area contributed by atoms with Crippen LogP contribution in [0.25, 0.3) is 0 Å². The van der Waals surface area contributed by atoms with E-state index < -0.39 is 18.0 Å². The average molecular weight is 434 g/mol. The van der Waals surface area contributed by atoms with E-state index >= 15 is 0 Å². The molecule has 0 radical (unpaired) electrons. The maximum absolute atomic E-state index is 13.3. The molecule has 1 aromatic carbocycles. The number of nitrogens with two attached hydrogens (primary N) is 1. The number of carbonyl (C=O) groups is 3. The molecule has 0 bridgehead atoms. The Morgan fingerprint density at radius 1 is 1.20 bits per heavy atom. The van der Waals surface area contributed by atoms with Gasteiger partial charge in [0, 0.05) is 17.5 Å². The Kier molecular flexibility index (Phi) is 7.64. The maximum Gasteiger partial charge on any atom is 0.243 e. The zero-order valence-corrected chi connectivity index (χ0v) is 18.5. The summed E-state index contributed by atoms with van der Waals surface area (Å²) < 4.78 is 5.20. The van der Waals surface area contributed by atoms with Gasteiger partial charge in [-0.2, -0.15) is 11.8 Å². The Balaban J connectivity index is 1.59.